The molecule has 0 radical (unpaired) electrons. The third kappa shape index (κ3) is 4.13. The Balaban J connectivity index is 1.28. The van der Waals surface area contributed by atoms with Gasteiger partial charge in [0.15, 0.2) is 0 Å². The van der Waals surface area contributed by atoms with Gasteiger partial charge >= 0.3 is 0 Å². The van der Waals surface area contributed by atoms with Gasteiger partial charge in [-0.3, -0.25) is 9.13 Å². The van der Waals surface area contributed by atoms with Gasteiger partial charge in [-0.1, -0.05) is 78.9 Å². The van der Waals surface area contributed by atoms with Crippen LogP contribution in [0, 0.1) is 20.8 Å². The van der Waals surface area contributed by atoms with E-state index < -0.39 is 0 Å². The second kappa shape index (κ2) is 10.8. The maximum absolute atomic E-state index is 5.56. The quantitative estimate of drug-likeness (QED) is 0.207. The van der Waals surface area contributed by atoms with Gasteiger partial charge < -0.3 is 4.98 Å². The number of fused-ring (bicyclic) bond motifs is 7. The molecule has 0 atom stereocenters. The Hall–Kier alpha value is -6.46. The van der Waals surface area contributed by atoms with Gasteiger partial charge in [-0.15, -0.1) is 0 Å². The maximum Gasteiger partial charge on any atom is 0.147 e. The zero-order chi connectivity index (χ0) is 33.5. The summed E-state index contributed by atoms with van der Waals surface area (Å²) < 4.78 is 4.62. The van der Waals surface area contributed by atoms with Crippen LogP contribution in [0.1, 0.15) is 16.7 Å². The number of para-hydroxylation sites is 4. The number of nitrogens with zero attached hydrogens (tertiary/aromatic N) is 4. The summed E-state index contributed by atoms with van der Waals surface area (Å²) in [6.45, 7) is 6.60. The molecule has 5 nitrogen and oxygen atoms in total. The van der Waals surface area contributed by atoms with Crippen LogP contribution >= 0.6 is 0 Å². The highest BCUT2D eigenvalue weighted by Crippen LogP contribution is 2.40. The Labute approximate surface area is 289 Å². The standard InChI is InChI=1S/C45H33N5/c1-27-24-31(25-28(2)29(27)3)49-40-19-11-14-32(44(40)48-45(49)37-16-10-15-36-33-12-4-6-17-38(33)47-43(36)37)30-21-22-35-34-13-5-7-18-39(34)50(41(35)26-30)42-20-8-9-23-46-42/h4-26,47H,1-3H3. The van der Waals surface area contributed by atoms with Crippen LogP contribution in [-0.2, 0) is 0 Å². The van der Waals surface area contributed by atoms with Crippen LogP contribution in [0.2, 0.25) is 0 Å². The summed E-state index contributed by atoms with van der Waals surface area (Å²) in [5, 5.41) is 4.82. The first kappa shape index (κ1) is 28.5. The van der Waals surface area contributed by atoms with Crippen molar-refractivity contribution in [3.8, 4) is 34.0 Å². The van der Waals surface area contributed by atoms with Gasteiger partial charge in [-0.2, -0.15) is 0 Å². The molecule has 0 spiro atoms. The summed E-state index contributed by atoms with van der Waals surface area (Å²) in [4.78, 5) is 14.1. The van der Waals surface area contributed by atoms with Crippen molar-refractivity contribution in [2.24, 2.45) is 0 Å². The van der Waals surface area contributed by atoms with E-state index in [0.29, 0.717) is 0 Å². The first-order chi connectivity index (χ1) is 24.5. The topological polar surface area (TPSA) is 51.4 Å². The molecule has 0 saturated carbocycles. The highest BCUT2D eigenvalue weighted by molar-refractivity contribution is 6.13. The van der Waals surface area contributed by atoms with E-state index in [4.69, 9.17) is 9.97 Å². The van der Waals surface area contributed by atoms with Crippen LogP contribution in [0.25, 0.3) is 88.7 Å². The molecule has 5 heteroatoms. The van der Waals surface area contributed by atoms with Crippen LogP contribution in [0.5, 0.6) is 0 Å². The predicted octanol–water partition coefficient (Wildman–Crippen LogP) is 11.4. The summed E-state index contributed by atoms with van der Waals surface area (Å²) >= 11 is 0. The van der Waals surface area contributed by atoms with E-state index in [1.807, 2.05) is 18.3 Å². The summed E-state index contributed by atoms with van der Waals surface area (Å²) in [7, 11) is 0. The Morgan fingerprint density at radius 1 is 0.540 bits per heavy atom. The molecule has 1 N–H and O–H groups in total. The minimum atomic E-state index is 0.900. The van der Waals surface area contributed by atoms with E-state index in [1.54, 1.807) is 0 Å². The number of rotatable bonds is 4. The molecule has 4 aromatic heterocycles. The fourth-order valence-electron chi connectivity index (χ4n) is 7.85. The van der Waals surface area contributed by atoms with Crippen LogP contribution < -0.4 is 0 Å². The molecule has 10 aromatic rings. The van der Waals surface area contributed by atoms with Crippen LogP contribution in [0.4, 0.5) is 0 Å². The SMILES string of the molecule is Cc1cc(-n2c(-c3cccc4c3[nH]c3ccccc34)nc3c(-c4ccc5c6ccccc6n(-c6ccccn6)c5c4)cccc32)cc(C)c1C. The fourth-order valence-corrected chi connectivity index (χ4v) is 7.85. The van der Waals surface area contributed by atoms with E-state index >= 15 is 0 Å². The van der Waals surface area contributed by atoms with Gasteiger partial charge in [0.2, 0.25) is 0 Å². The molecule has 238 valence electrons. The molecule has 0 aliphatic carbocycles. The maximum atomic E-state index is 5.56. The van der Waals surface area contributed by atoms with Gasteiger partial charge in [0, 0.05) is 50.1 Å². The van der Waals surface area contributed by atoms with E-state index in [9.17, 15) is 0 Å². The number of H-pyrrole nitrogens is 1. The van der Waals surface area contributed by atoms with E-state index in [1.165, 1.54) is 38.2 Å². The Morgan fingerprint density at radius 3 is 2.08 bits per heavy atom. The zero-order valence-corrected chi connectivity index (χ0v) is 28.1. The fraction of sp³-hybridized carbons (Fsp3) is 0.0667. The van der Waals surface area contributed by atoms with Crippen LogP contribution in [0.3, 0.4) is 0 Å². The van der Waals surface area contributed by atoms with Gasteiger partial charge in [0.25, 0.3) is 0 Å². The van der Waals surface area contributed by atoms with Gasteiger partial charge in [-0.25, -0.2) is 9.97 Å². The normalized spacial score (nSPS) is 11.9. The average Bonchev–Trinajstić information content (AvgIpc) is 3.83. The lowest BCUT2D eigenvalue weighted by atomic mass is 10.0. The largest absolute Gasteiger partial charge is 0.354 e. The molecule has 0 aliphatic rings. The van der Waals surface area contributed by atoms with Crippen molar-refractivity contribution in [3.63, 3.8) is 0 Å². The molecule has 10 rings (SSSR count). The first-order valence-electron chi connectivity index (χ1n) is 17.1. The van der Waals surface area contributed by atoms with E-state index in [-0.39, 0.29) is 0 Å². The molecule has 0 unspecified atom stereocenters. The third-order valence-electron chi connectivity index (χ3n) is 10.5. The highest BCUT2D eigenvalue weighted by atomic mass is 15.1. The smallest absolute Gasteiger partial charge is 0.147 e. The molecule has 0 fully saturated rings. The molecule has 4 heterocycles. The molecule has 50 heavy (non-hydrogen) atoms. The Bertz CT molecular complexity index is 2930. The summed E-state index contributed by atoms with van der Waals surface area (Å²) in [6, 6.07) is 47.7. The number of hydrogen-bond donors (Lipinski definition) is 1. The number of imidazole rings is 1. The molecule has 6 aromatic carbocycles. The molecule has 0 aliphatic heterocycles. The van der Waals surface area contributed by atoms with Gasteiger partial charge in [-0.05, 0) is 97.6 Å². The van der Waals surface area contributed by atoms with Crippen molar-refractivity contribution in [1.29, 1.82) is 0 Å². The third-order valence-corrected chi connectivity index (χ3v) is 10.5. The molecule has 0 bridgehead atoms. The summed E-state index contributed by atoms with van der Waals surface area (Å²) in [6.07, 6.45) is 1.86. The molecule has 0 saturated heterocycles. The zero-order valence-electron chi connectivity index (χ0n) is 28.1. The Morgan fingerprint density at radius 2 is 1.24 bits per heavy atom. The number of nitrogens with one attached hydrogen (secondary N) is 1. The number of aryl methyl sites for hydroxylation is 2. The lowest BCUT2D eigenvalue weighted by Gasteiger charge is -2.14. The number of aromatic nitrogens is 5. The minimum absolute atomic E-state index is 0.900. The summed E-state index contributed by atoms with van der Waals surface area (Å²) in [5.74, 6) is 1.81. The van der Waals surface area contributed by atoms with Crippen molar-refractivity contribution >= 4 is 54.6 Å². The molecular formula is C45H33N5. The molecule has 0 amide bonds. The number of benzene rings is 6. The minimum Gasteiger partial charge on any atom is -0.354 e. The second-order valence-corrected chi connectivity index (χ2v) is 13.3. The first-order valence-corrected chi connectivity index (χ1v) is 17.1. The molecular weight excluding hydrogens is 611 g/mol. The number of hydrogen-bond acceptors (Lipinski definition) is 2. The van der Waals surface area contributed by atoms with Gasteiger partial charge in [0.1, 0.15) is 11.6 Å². The number of aromatic amines is 1. The van der Waals surface area contributed by atoms with Gasteiger partial charge in [0.05, 0.1) is 27.6 Å². The van der Waals surface area contributed by atoms with Crippen molar-refractivity contribution in [3.05, 3.63) is 156 Å². The predicted molar refractivity (Wildman–Crippen MR) is 208 cm³/mol. The number of pyridine rings is 1. The summed E-state index contributed by atoms with van der Waals surface area (Å²) in [5.41, 5.74) is 14.7. The highest BCUT2D eigenvalue weighted by Gasteiger charge is 2.22. The Kier molecular flexibility index (Phi) is 6.15. The van der Waals surface area contributed by atoms with E-state index in [0.717, 1.165) is 67.1 Å². The van der Waals surface area contributed by atoms with E-state index in [2.05, 4.69) is 156 Å². The van der Waals surface area contributed by atoms with Crippen LogP contribution in [-0.4, -0.2) is 24.1 Å². The average molecular weight is 644 g/mol. The second-order valence-electron chi connectivity index (χ2n) is 13.3. The van der Waals surface area contributed by atoms with Crippen molar-refractivity contribution in [1.82, 2.24) is 24.1 Å². The van der Waals surface area contributed by atoms with Crippen molar-refractivity contribution < 1.29 is 0 Å². The van der Waals surface area contributed by atoms with Crippen molar-refractivity contribution in [2.75, 3.05) is 0 Å². The van der Waals surface area contributed by atoms with Crippen molar-refractivity contribution in [2.45, 2.75) is 20.8 Å². The lowest BCUT2D eigenvalue weighted by molar-refractivity contribution is 1.08. The lowest BCUT2D eigenvalue weighted by Crippen LogP contribution is -2.00. The monoisotopic (exact) mass is 643 g/mol. The van der Waals surface area contributed by atoms with Crippen LogP contribution in [0.15, 0.2) is 140 Å².